The third kappa shape index (κ3) is 3.81. The number of carbonyl (C=O) groups excluding carboxylic acids is 1. The quantitative estimate of drug-likeness (QED) is 0.656. The molecular formula is C17H16N2O4. The van der Waals surface area contributed by atoms with E-state index in [4.69, 9.17) is 13.7 Å². The second-order valence-corrected chi connectivity index (χ2v) is 4.87. The van der Waals surface area contributed by atoms with Crippen LogP contribution >= 0.6 is 0 Å². The first-order chi connectivity index (χ1) is 11.2. The highest BCUT2D eigenvalue weighted by molar-refractivity contribution is 5.81. The fourth-order valence-electron chi connectivity index (χ4n) is 2.02. The molecular weight excluding hydrogens is 296 g/mol. The van der Waals surface area contributed by atoms with Crippen molar-refractivity contribution in [2.24, 2.45) is 0 Å². The fraction of sp³-hybridized carbons (Fsp3) is 0.118. The third-order valence-corrected chi connectivity index (χ3v) is 3.16. The highest BCUT2D eigenvalue weighted by atomic mass is 16.6. The molecule has 3 aromatic rings. The lowest BCUT2D eigenvalue weighted by atomic mass is 10.2. The van der Waals surface area contributed by atoms with E-state index in [-0.39, 0.29) is 12.5 Å². The number of hydrogen-bond acceptors (Lipinski definition) is 5. The van der Waals surface area contributed by atoms with Crippen LogP contribution in [0.1, 0.15) is 11.5 Å². The van der Waals surface area contributed by atoms with Gasteiger partial charge in [0, 0.05) is 5.39 Å². The number of benzene rings is 1. The lowest BCUT2D eigenvalue weighted by molar-refractivity contribution is -0.127. The normalized spacial score (nSPS) is 10.6. The SMILES string of the molecule is C=C(NOCC(=O)NCc1ccco1)c1cc2ccccc2o1. The molecule has 1 amide bonds. The van der Waals surface area contributed by atoms with Crippen molar-refractivity contribution in [1.82, 2.24) is 10.8 Å². The largest absolute Gasteiger partial charge is 0.467 e. The summed E-state index contributed by atoms with van der Waals surface area (Å²) in [6.45, 7) is 3.99. The van der Waals surface area contributed by atoms with Gasteiger partial charge in [-0.1, -0.05) is 24.8 Å². The summed E-state index contributed by atoms with van der Waals surface area (Å²) in [6, 6.07) is 13.0. The Morgan fingerprint density at radius 1 is 1.22 bits per heavy atom. The van der Waals surface area contributed by atoms with E-state index in [0.717, 1.165) is 11.0 Å². The van der Waals surface area contributed by atoms with Gasteiger partial charge in [0.15, 0.2) is 12.4 Å². The minimum Gasteiger partial charge on any atom is -0.467 e. The van der Waals surface area contributed by atoms with Gasteiger partial charge < -0.3 is 14.2 Å². The molecule has 2 N–H and O–H groups in total. The fourth-order valence-corrected chi connectivity index (χ4v) is 2.02. The molecule has 0 aliphatic heterocycles. The molecule has 0 aliphatic carbocycles. The summed E-state index contributed by atoms with van der Waals surface area (Å²) in [6.07, 6.45) is 1.55. The number of para-hydroxylation sites is 1. The predicted octanol–water partition coefficient (Wildman–Crippen LogP) is 2.83. The Hall–Kier alpha value is -2.99. The Morgan fingerprint density at radius 2 is 2.09 bits per heavy atom. The van der Waals surface area contributed by atoms with Crippen LogP contribution in [0.25, 0.3) is 16.7 Å². The van der Waals surface area contributed by atoms with Gasteiger partial charge in [-0.05, 0) is 24.3 Å². The molecule has 0 saturated heterocycles. The van der Waals surface area contributed by atoms with Gasteiger partial charge in [0.1, 0.15) is 11.3 Å². The van der Waals surface area contributed by atoms with E-state index in [1.165, 1.54) is 0 Å². The van der Waals surface area contributed by atoms with Gasteiger partial charge in [-0.15, -0.1) is 0 Å². The van der Waals surface area contributed by atoms with E-state index in [1.807, 2.05) is 30.3 Å². The number of fused-ring (bicyclic) bond motifs is 1. The van der Waals surface area contributed by atoms with Crippen molar-refractivity contribution >= 4 is 22.6 Å². The molecule has 0 atom stereocenters. The Labute approximate surface area is 132 Å². The van der Waals surface area contributed by atoms with Gasteiger partial charge in [0.05, 0.1) is 18.5 Å². The smallest absolute Gasteiger partial charge is 0.249 e. The highest BCUT2D eigenvalue weighted by Gasteiger charge is 2.08. The molecule has 2 aromatic heterocycles. The molecule has 0 saturated carbocycles. The average Bonchev–Trinajstić information content (AvgIpc) is 3.22. The van der Waals surface area contributed by atoms with Gasteiger partial charge in [-0.2, -0.15) is 0 Å². The topological polar surface area (TPSA) is 76.6 Å². The zero-order valence-corrected chi connectivity index (χ0v) is 12.4. The number of rotatable bonds is 7. The first-order valence-electron chi connectivity index (χ1n) is 7.07. The summed E-state index contributed by atoms with van der Waals surface area (Å²) in [5, 5.41) is 3.64. The lowest BCUT2D eigenvalue weighted by Crippen LogP contribution is -2.29. The summed E-state index contributed by atoms with van der Waals surface area (Å²) < 4.78 is 10.7. The molecule has 0 radical (unpaired) electrons. The molecule has 0 unspecified atom stereocenters. The van der Waals surface area contributed by atoms with Gasteiger partial charge >= 0.3 is 0 Å². The number of hydrogen-bond donors (Lipinski definition) is 2. The van der Waals surface area contributed by atoms with E-state index >= 15 is 0 Å². The van der Waals surface area contributed by atoms with E-state index in [1.54, 1.807) is 18.4 Å². The molecule has 2 heterocycles. The standard InChI is InChI=1S/C17H16N2O4/c1-12(16-9-13-5-2-3-7-15(13)23-16)19-22-11-17(20)18-10-14-6-4-8-21-14/h2-9,19H,1,10-11H2,(H,18,20). The van der Waals surface area contributed by atoms with E-state index in [2.05, 4.69) is 17.4 Å². The third-order valence-electron chi connectivity index (χ3n) is 3.16. The molecule has 1 aromatic carbocycles. The monoisotopic (exact) mass is 312 g/mol. The summed E-state index contributed by atoms with van der Waals surface area (Å²) in [5.74, 6) is 0.964. The molecule has 0 fully saturated rings. The molecule has 0 bridgehead atoms. The van der Waals surface area contributed by atoms with Crippen LogP contribution in [0.15, 0.2) is 64.1 Å². The first-order valence-corrected chi connectivity index (χ1v) is 7.07. The van der Waals surface area contributed by atoms with Crippen LogP contribution in [0.5, 0.6) is 0 Å². The van der Waals surface area contributed by atoms with Crippen molar-refractivity contribution < 1.29 is 18.5 Å². The second kappa shape index (κ2) is 6.85. The number of carbonyl (C=O) groups is 1. The van der Waals surface area contributed by atoms with Crippen molar-refractivity contribution in [2.45, 2.75) is 6.54 Å². The Morgan fingerprint density at radius 3 is 2.87 bits per heavy atom. The number of nitrogens with one attached hydrogen (secondary N) is 2. The van der Waals surface area contributed by atoms with Crippen LogP contribution in [-0.2, 0) is 16.2 Å². The van der Waals surface area contributed by atoms with Crippen molar-refractivity contribution in [2.75, 3.05) is 6.61 Å². The molecule has 23 heavy (non-hydrogen) atoms. The Kier molecular flexibility index (Phi) is 4.44. The zero-order chi connectivity index (χ0) is 16.1. The number of furan rings is 2. The average molecular weight is 312 g/mol. The van der Waals surface area contributed by atoms with Crippen LogP contribution in [0, 0.1) is 0 Å². The van der Waals surface area contributed by atoms with Crippen molar-refractivity contribution in [1.29, 1.82) is 0 Å². The van der Waals surface area contributed by atoms with Gasteiger partial charge in [0.2, 0.25) is 5.91 Å². The molecule has 118 valence electrons. The number of amides is 1. The van der Waals surface area contributed by atoms with E-state index < -0.39 is 0 Å². The maximum Gasteiger partial charge on any atom is 0.249 e. The minimum absolute atomic E-state index is 0.153. The minimum atomic E-state index is -0.272. The van der Waals surface area contributed by atoms with Crippen LogP contribution in [-0.4, -0.2) is 12.5 Å². The van der Waals surface area contributed by atoms with Gasteiger partial charge in [-0.25, -0.2) is 0 Å². The van der Waals surface area contributed by atoms with Crippen LogP contribution in [0.3, 0.4) is 0 Å². The van der Waals surface area contributed by atoms with Crippen molar-refractivity contribution in [3.8, 4) is 0 Å². The van der Waals surface area contributed by atoms with E-state index in [0.29, 0.717) is 23.8 Å². The van der Waals surface area contributed by atoms with Gasteiger partial charge in [0.25, 0.3) is 0 Å². The summed E-state index contributed by atoms with van der Waals surface area (Å²) in [4.78, 5) is 16.8. The van der Waals surface area contributed by atoms with Crippen molar-refractivity contribution in [3.63, 3.8) is 0 Å². The molecule has 0 aliphatic rings. The maximum atomic E-state index is 11.6. The van der Waals surface area contributed by atoms with Crippen LogP contribution < -0.4 is 10.8 Å². The van der Waals surface area contributed by atoms with E-state index in [9.17, 15) is 4.79 Å². The Bertz CT molecular complexity index is 772. The van der Waals surface area contributed by atoms with Crippen LogP contribution in [0.2, 0.25) is 0 Å². The first kappa shape index (κ1) is 14.9. The molecule has 3 rings (SSSR count). The van der Waals surface area contributed by atoms with Crippen molar-refractivity contribution in [3.05, 3.63) is 66.8 Å². The Balaban J connectivity index is 1.44. The summed E-state index contributed by atoms with van der Waals surface area (Å²) in [7, 11) is 0. The lowest BCUT2D eigenvalue weighted by Gasteiger charge is -2.07. The second-order valence-electron chi connectivity index (χ2n) is 4.87. The zero-order valence-electron chi connectivity index (χ0n) is 12.4. The number of hydroxylamine groups is 1. The molecule has 6 heteroatoms. The highest BCUT2D eigenvalue weighted by Crippen LogP contribution is 2.22. The summed E-state index contributed by atoms with van der Waals surface area (Å²) in [5.41, 5.74) is 3.82. The molecule has 0 spiro atoms. The summed E-state index contributed by atoms with van der Waals surface area (Å²) >= 11 is 0. The predicted molar refractivity (Wildman–Crippen MR) is 84.9 cm³/mol. The maximum absolute atomic E-state index is 11.6. The van der Waals surface area contributed by atoms with Crippen LogP contribution in [0.4, 0.5) is 0 Å². The molecule has 6 nitrogen and oxygen atoms in total. The van der Waals surface area contributed by atoms with Gasteiger partial charge in [-0.3, -0.25) is 15.1 Å².